The van der Waals surface area contributed by atoms with Crippen molar-refractivity contribution < 1.29 is 27.2 Å². The summed E-state index contributed by atoms with van der Waals surface area (Å²) in [6, 6.07) is 2.02. The SMILES string of the molecule is O=C1NC(=O)[C@]2(c3ccc(C(F)(F)F)cc3F)C[C@H]12. The molecule has 1 heterocycles. The molecule has 3 nitrogen and oxygen atoms in total. The zero-order chi connectivity index (χ0) is 14.0. The molecular formula is C12H7F4NO2. The Kier molecular flexibility index (Phi) is 2.13. The van der Waals surface area contributed by atoms with E-state index in [1.165, 1.54) is 0 Å². The Balaban J connectivity index is 2.05. The van der Waals surface area contributed by atoms with E-state index in [9.17, 15) is 27.2 Å². The summed E-state index contributed by atoms with van der Waals surface area (Å²) in [5.41, 5.74) is -2.56. The number of fused-ring (bicyclic) bond motifs is 1. The normalized spacial score (nSPS) is 29.2. The molecule has 0 radical (unpaired) electrons. The predicted molar refractivity (Wildman–Crippen MR) is 54.3 cm³/mol. The van der Waals surface area contributed by atoms with Gasteiger partial charge in [0.15, 0.2) is 0 Å². The number of halogens is 4. The first-order valence-electron chi connectivity index (χ1n) is 5.49. The van der Waals surface area contributed by atoms with Crippen LogP contribution in [0.4, 0.5) is 17.6 Å². The largest absolute Gasteiger partial charge is 0.416 e. The number of nitrogens with one attached hydrogen (secondary N) is 1. The van der Waals surface area contributed by atoms with Crippen molar-refractivity contribution in [2.24, 2.45) is 5.92 Å². The standard InChI is InChI=1S/C12H7F4NO2/c13-8-3-5(12(14,15)16)1-2-6(8)11-4-7(11)9(18)17-10(11)19/h1-3,7H,4H2,(H,17,18,19)/t7-,11+/m1/s1. The highest BCUT2D eigenvalue weighted by molar-refractivity contribution is 6.15. The van der Waals surface area contributed by atoms with Crippen LogP contribution in [0.25, 0.3) is 0 Å². The van der Waals surface area contributed by atoms with Crippen LogP contribution in [0, 0.1) is 11.7 Å². The second kappa shape index (κ2) is 3.34. The van der Waals surface area contributed by atoms with E-state index >= 15 is 0 Å². The number of carbonyl (C=O) groups excluding carboxylic acids is 2. The Hall–Kier alpha value is -1.92. The summed E-state index contributed by atoms with van der Waals surface area (Å²) in [5.74, 6) is -2.90. The summed E-state index contributed by atoms with van der Waals surface area (Å²) in [6.07, 6.45) is -4.49. The second-order valence-electron chi connectivity index (χ2n) is 4.74. The van der Waals surface area contributed by atoms with Crippen LogP contribution in [-0.2, 0) is 21.2 Å². The second-order valence-corrected chi connectivity index (χ2v) is 4.74. The van der Waals surface area contributed by atoms with Gasteiger partial charge < -0.3 is 0 Å². The number of piperidine rings is 1. The minimum atomic E-state index is -4.65. The molecule has 1 saturated carbocycles. The Labute approximate surface area is 104 Å². The lowest BCUT2D eigenvalue weighted by Gasteiger charge is -2.13. The van der Waals surface area contributed by atoms with Gasteiger partial charge in [0.05, 0.1) is 16.9 Å². The molecule has 1 saturated heterocycles. The van der Waals surface area contributed by atoms with Crippen LogP contribution in [0.1, 0.15) is 17.5 Å². The Morgan fingerprint density at radius 2 is 1.95 bits per heavy atom. The fraction of sp³-hybridized carbons (Fsp3) is 0.333. The van der Waals surface area contributed by atoms with Gasteiger partial charge in [-0.3, -0.25) is 14.9 Å². The highest BCUT2D eigenvalue weighted by atomic mass is 19.4. The lowest BCUT2D eigenvalue weighted by molar-refractivity contribution is -0.137. The van der Waals surface area contributed by atoms with E-state index in [1.807, 2.05) is 0 Å². The highest BCUT2D eigenvalue weighted by Gasteiger charge is 2.70. The smallest absolute Gasteiger partial charge is 0.295 e. The van der Waals surface area contributed by atoms with Crippen LogP contribution in [0.3, 0.4) is 0 Å². The summed E-state index contributed by atoms with van der Waals surface area (Å²) in [7, 11) is 0. The van der Waals surface area contributed by atoms with Gasteiger partial charge in [-0.1, -0.05) is 6.07 Å². The molecule has 1 aromatic carbocycles. The van der Waals surface area contributed by atoms with Crippen LogP contribution in [0.2, 0.25) is 0 Å². The molecule has 1 aliphatic heterocycles. The first-order chi connectivity index (χ1) is 8.76. The lowest BCUT2D eigenvalue weighted by atomic mass is 9.92. The number of benzene rings is 1. The molecule has 0 unspecified atom stereocenters. The average molecular weight is 273 g/mol. The molecule has 1 aliphatic carbocycles. The summed E-state index contributed by atoms with van der Waals surface area (Å²) in [5, 5.41) is 2.06. The van der Waals surface area contributed by atoms with E-state index in [0.29, 0.717) is 6.07 Å². The van der Waals surface area contributed by atoms with Gasteiger partial charge in [-0.25, -0.2) is 4.39 Å². The molecule has 2 atom stereocenters. The van der Waals surface area contributed by atoms with Crippen LogP contribution in [0.5, 0.6) is 0 Å². The zero-order valence-corrected chi connectivity index (χ0v) is 9.34. The third-order valence-electron chi connectivity index (χ3n) is 3.70. The van der Waals surface area contributed by atoms with Crippen LogP contribution >= 0.6 is 0 Å². The third kappa shape index (κ3) is 1.50. The van der Waals surface area contributed by atoms with Crippen LogP contribution in [0.15, 0.2) is 18.2 Å². The number of alkyl halides is 3. The van der Waals surface area contributed by atoms with Gasteiger partial charge in [0, 0.05) is 5.56 Å². The molecule has 100 valence electrons. The maximum absolute atomic E-state index is 13.8. The van der Waals surface area contributed by atoms with Gasteiger partial charge in [0.25, 0.3) is 0 Å². The van der Waals surface area contributed by atoms with Gasteiger partial charge in [-0.05, 0) is 18.6 Å². The Morgan fingerprint density at radius 1 is 1.26 bits per heavy atom. The third-order valence-corrected chi connectivity index (χ3v) is 3.70. The van der Waals surface area contributed by atoms with Crippen LogP contribution in [-0.4, -0.2) is 11.8 Å². The molecule has 0 spiro atoms. The monoisotopic (exact) mass is 273 g/mol. The van der Waals surface area contributed by atoms with E-state index in [0.717, 1.165) is 12.1 Å². The molecule has 1 aromatic rings. The van der Waals surface area contributed by atoms with Crippen molar-refractivity contribution in [3.8, 4) is 0 Å². The molecule has 1 N–H and O–H groups in total. The average Bonchev–Trinajstić information content (AvgIpc) is 2.98. The molecule has 19 heavy (non-hydrogen) atoms. The van der Waals surface area contributed by atoms with Gasteiger partial charge >= 0.3 is 6.18 Å². The fourth-order valence-corrected chi connectivity index (χ4v) is 2.61. The first-order valence-corrected chi connectivity index (χ1v) is 5.49. The molecule has 2 fully saturated rings. The summed E-state index contributed by atoms with van der Waals surface area (Å²) in [4.78, 5) is 23.0. The van der Waals surface area contributed by atoms with Crippen molar-refractivity contribution in [2.45, 2.75) is 18.0 Å². The number of imide groups is 1. The summed E-state index contributed by atoms with van der Waals surface area (Å²) < 4.78 is 51.1. The van der Waals surface area contributed by atoms with Gasteiger partial charge in [0.1, 0.15) is 5.82 Å². The molecular weight excluding hydrogens is 266 g/mol. The number of rotatable bonds is 1. The van der Waals surface area contributed by atoms with Crippen LogP contribution < -0.4 is 5.32 Å². The Morgan fingerprint density at radius 3 is 2.37 bits per heavy atom. The van der Waals surface area contributed by atoms with E-state index in [2.05, 4.69) is 5.32 Å². The molecule has 2 amide bonds. The summed E-state index contributed by atoms with van der Waals surface area (Å²) >= 11 is 0. The van der Waals surface area contributed by atoms with Crippen molar-refractivity contribution in [3.63, 3.8) is 0 Å². The van der Waals surface area contributed by atoms with E-state index in [4.69, 9.17) is 0 Å². The van der Waals surface area contributed by atoms with Crippen molar-refractivity contribution in [1.82, 2.24) is 5.32 Å². The number of hydrogen-bond donors (Lipinski definition) is 1. The quantitative estimate of drug-likeness (QED) is 0.626. The minimum absolute atomic E-state index is 0.145. The number of amides is 2. The zero-order valence-electron chi connectivity index (χ0n) is 9.34. The van der Waals surface area contributed by atoms with Gasteiger partial charge in [-0.15, -0.1) is 0 Å². The van der Waals surface area contributed by atoms with E-state index in [-0.39, 0.29) is 12.0 Å². The van der Waals surface area contributed by atoms with E-state index < -0.39 is 40.7 Å². The van der Waals surface area contributed by atoms with Crippen molar-refractivity contribution in [2.75, 3.05) is 0 Å². The predicted octanol–water partition coefficient (Wildman–Crippen LogP) is 1.76. The molecule has 7 heteroatoms. The molecule has 3 rings (SSSR count). The fourth-order valence-electron chi connectivity index (χ4n) is 2.61. The van der Waals surface area contributed by atoms with Crippen molar-refractivity contribution in [1.29, 1.82) is 0 Å². The van der Waals surface area contributed by atoms with Crippen molar-refractivity contribution >= 4 is 11.8 Å². The van der Waals surface area contributed by atoms with Gasteiger partial charge in [-0.2, -0.15) is 13.2 Å². The lowest BCUT2D eigenvalue weighted by Crippen LogP contribution is -2.30. The topological polar surface area (TPSA) is 46.2 Å². The maximum atomic E-state index is 13.8. The van der Waals surface area contributed by atoms with E-state index in [1.54, 1.807) is 0 Å². The minimum Gasteiger partial charge on any atom is -0.295 e. The summed E-state index contributed by atoms with van der Waals surface area (Å²) in [6.45, 7) is 0. The Bertz CT molecular complexity index is 610. The first kappa shape index (κ1) is 12.1. The van der Waals surface area contributed by atoms with Crippen molar-refractivity contribution in [3.05, 3.63) is 35.1 Å². The molecule has 0 aromatic heterocycles. The molecule has 0 bridgehead atoms. The highest BCUT2D eigenvalue weighted by Crippen LogP contribution is 2.58. The number of carbonyl (C=O) groups is 2. The number of hydrogen-bond acceptors (Lipinski definition) is 2. The maximum Gasteiger partial charge on any atom is 0.416 e. The molecule has 2 aliphatic rings. The van der Waals surface area contributed by atoms with Gasteiger partial charge in [0.2, 0.25) is 11.8 Å².